The van der Waals surface area contributed by atoms with Crippen LogP contribution in [0.15, 0.2) is 24.5 Å². The van der Waals surface area contributed by atoms with Crippen molar-refractivity contribution >= 4 is 0 Å². The Morgan fingerprint density at radius 3 is 3.00 bits per heavy atom. The number of hydrogen-bond acceptors (Lipinski definition) is 5. The molecule has 0 saturated heterocycles. The highest BCUT2D eigenvalue weighted by atomic mass is 15.6. The van der Waals surface area contributed by atoms with Gasteiger partial charge in [0, 0.05) is 18.4 Å². The third kappa shape index (κ3) is 2.60. The van der Waals surface area contributed by atoms with E-state index in [9.17, 15) is 0 Å². The summed E-state index contributed by atoms with van der Waals surface area (Å²) in [6, 6.07) is 4.18. The molecule has 0 bridgehead atoms. The first-order chi connectivity index (χ1) is 7.75. The highest BCUT2D eigenvalue weighted by Crippen LogP contribution is 2.09. The Hall–Kier alpha value is -1.82. The summed E-state index contributed by atoms with van der Waals surface area (Å²) in [7, 11) is 1.75. The number of aromatic nitrogens is 5. The lowest BCUT2D eigenvalue weighted by atomic mass is 10.1. The number of tetrazole rings is 1. The van der Waals surface area contributed by atoms with Gasteiger partial charge < -0.3 is 5.32 Å². The molecule has 6 heteroatoms. The summed E-state index contributed by atoms with van der Waals surface area (Å²) in [5.41, 5.74) is 1.14. The standard InChI is InChI=1S/C10H14N6/c1-8(9-4-3-5-11-6-9)12-7-10-13-15-16(2)14-10/h3-6,8,12H,7H2,1-2H3. The van der Waals surface area contributed by atoms with Crippen molar-refractivity contribution in [3.63, 3.8) is 0 Å². The summed E-state index contributed by atoms with van der Waals surface area (Å²) < 4.78 is 0. The Labute approximate surface area is 93.7 Å². The molecule has 0 aliphatic rings. The number of rotatable bonds is 4. The fourth-order valence-electron chi connectivity index (χ4n) is 1.39. The first-order valence-corrected chi connectivity index (χ1v) is 5.12. The lowest BCUT2D eigenvalue weighted by Gasteiger charge is -2.11. The van der Waals surface area contributed by atoms with Crippen molar-refractivity contribution in [1.29, 1.82) is 0 Å². The van der Waals surface area contributed by atoms with Crippen LogP contribution in [0, 0.1) is 0 Å². The minimum atomic E-state index is 0.220. The van der Waals surface area contributed by atoms with Crippen LogP contribution in [0.1, 0.15) is 24.4 Å². The minimum Gasteiger partial charge on any atom is -0.303 e. The van der Waals surface area contributed by atoms with Crippen LogP contribution in [0.2, 0.25) is 0 Å². The first kappa shape index (κ1) is 10.7. The third-order valence-electron chi connectivity index (χ3n) is 2.30. The van der Waals surface area contributed by atoms with Gasteiger partial charge in [-0.3, -0.25) is 4.98 Å². The highest BCUT2D eigenvalue weighted by Gasteiger charge is 2.06. The molecule has 2 aromatic heterocycles. The third-order valence-corrected chi connectivity index (χ3v) is 2.30. The van der Waals surface area contributed by atoms with E-state index < -0.39 is 0 Å². The van der Waals surface area contributed by atoms with Crippen LogP contribution in [-0.4, -0.2) is 25.2 Å². The minimum absolute atomic E-state index is 0.220. The van der Waals surface area contributed by atoms with Gasteiger partial charge in [0.1, 0.15) is 0 Å². The molecule has 6 nitrogen and oxygen atoms in total. The molecule has 2 heterocycles. The molecule has 0 aliphatic heterocycles. The molecular weight excluding hydrogens is 204 g/mol. The molecule has 1 unspecified atom stereocenters. The van der Waals surface area contributed by atoms with Crippen LogP contribution in [0.25, 0.3) is 0 Å². The van der Waals surface area contributed by atoms with Gasteiger partial charge in [0.25, 0.3) is 0 Å². The second kappa shape index (κ2) is 4.80. The average Bonchev–Trinajstić information content (AvgIpc) is 2.73. The zero-order valence-corrected chi connectivity index (χ0v) is 9.33. The Kier molecular flexibility index (Phi) is 3.21. The van der Waals surface area contributed by atoms with Gasteiger partial charge in [-0.2, -0.15) is 4.80 Å². The second-order valence-corrected chi connectivity index (χ2v) is 3.58. The van der Waals surface area contributed by atoms with E-state index in [2.05, 4.69) is 32.6 Å². The van der Waals surface area contributed by atoms with Crippen molar-refractivity contribution < 1.29 is 0 Å². The Morgan fingerprint density at radius 1 is 1.50 bits per heavy atom. The average molecular weight is 218 g/mol. The SMILES string of the molecule is CC(NCc1nnn(C)n1)c1cccnc1. The van der Waals surface area contributed by atoms with Gasteiger partial charge in [-0.25, -0.2) is 0 Å². The quantitative estimate of drug-likeness (QED) is 0.807. The fourth-order valence-corrected chi connectivity index (χ4v) is 1.39. The van der Waals surface area contributed by atoms with Crippen LogP contribution >= 0.6 is 0 Å². The number of nitrogens with one attached hydrogen (secondary N) is 1. The number of aryl methyl sites for hydroxylation is 1. The molecule has 1 N–H and O–H groups in total. The largest absolute Gasteiger partial charge is 0.303 e. The predicted molar refractivity (Wildman–Crippen MR) is 58.3 cm³/mol. The Balaban J connectivity index is 1.91. The van der Waals surface area contributed by atoms with Crippen molar-refractivity contribution in [2.24, 2.45) is 7.05 Å². The normalized spacial score (nSPS) is 12.6. The molecule has 0 saturated carbocycles. The van der Waals surface area contributed by atoms with Crippen molar-refractivity contribution in [3.8, 4) is 0 Å². The summed E-state index contributed by atoms with van der Waals surface area (Å²) >= 11 is 0. The lowest BCUT2D eigenvalue weighted by molar-refractivity contribution is 0.554. The highest BCUT2D eigenvalue weighted by molar-refractivity contribution is 5.12. The Bertz CT molecular complexity index is 438. The van der Waals surface area contributed by atoms with E-state index in [0.717, 1.165) is 5.56 Å². The van der Waals surface area contributed by atoms with Crippen LogP contribution in [-0.2, 0) is 13.6 Å². The van der Waals surface area contributed by atoms with Crippen molar-refractivity contribution in [2.45, 2.75) is 19.5 Å². The summed E-state index contributed by atoms with van der Waals surface area (Å²) in [5, 5.41) is 15.1. The molecule has 0 fully saturated rings. The van der Waals surface area contributed by atoms with E-state index in [-0.39, 0.29) is 6.04 Å². The van der Waals surface area contributed by atoms with E-state index in [1.165, 1.54) is 4.80 Å². The van der Waals surface area contributed by atoms with E-state index in [1.807, 2.05) is 18.3 Å². The van der Waals surface area contributed by atoms with Crippen molar-refractivity contribution in [1.82, 2.24) is 30.5 Å². The smallest absolute Gasteiger partial charge is 0.188 e. The summed E-state index contributed by atoms with van der Waals surface area (Å²) in [6.45, 7) is 2.68. The van der Waals surface area contributed by atoms with E-state index in [4.69, 9.17) is 0 Å². The zero-order chi connectivity index (χ0) is 11.4. The van der Waals surface area contributed by atoms with E-state index in [1.54, 1.807) is 13.2 Å². The topological polar surface area (TPSA) is 68.5 Å². The molecule has 2 aromatic rings. The van der Waals surface area contributed by atoms with Gasteiger partial charge in [-0.05, 0) is 23.8 Å². The van der Waals surface area contributed by atoms with Crippen LogP contribution in [0.5, 0.6) is 0 Å². The molecule has 0 spiro atoms. The van der Waals surface area contributed by atoms with Gasteiger partial charge in [-0.1, -0.05) is 6.07 Å². The van der Waals surface area contributed by atoms with Crippen LogP contribution < -0.4 is 5.32 Å². The molecule has 0 aliphatic carbocycles. The van der Waals surface area contributed by atoms with Crippen LogP contribution in [0.4, 0.5) is 0 Å². The van der Waals surface area contributed by atoms with Crippen LogP contribution in [0.3, 0.4) is 0 Å². The molecule has 1 atom stereocenters. The molecule has 0 amide bonds. The van der Waals surface area contributed by atoms with Gasteiger partial charge in [0.2, 0.25) is 0 Å². The molecule has 84 valence electrons. The number of nitrogens with zero attached hydrogens (tertiary/aromatic N) is 5. The summed E-state index contributed by atoms with van der Waals surface area (Å²) in [6.07, 6.45) is 3.61. The Morgan fingerprint density at radius 2 is 2.38 bits per heavy atom. The maximum Gasteiger partial charge on any atom is 0.188 e. The van der Waals surface area contributed by atoms with Gasteiger partial charge >= 0.3 is 0 Å². The van der Waals surface area contributed by atoms with Gasteiger partial charge in [0.05, 0.1) is 13.6 Å². The predicted octanol–water partition coefficient (Wildman–Crippen LogP) is 0.456. The monoisotopic (exact) mass is 218 g/mol. The maximum atomic E-state index is 4.09. The van der Waals surface area contributed by atoms with Crippen molar-refractivity contribution in [2.75, 3.05) is 0 Å². The van der Waals surface area contributed by atoms with Gasteiger partial charge in [0.15, 0.2) is 5.82 Å². The first-order valence-electron chi connectivity index (χ1n) is 5.12. The molecule has 0 aromatic carbocycles. The van der Waals surface area contributed by atoms with E-state index >= 15 is 0 Å². The van der Waals surface area contributed by atoms with Gasteiger partial charge in [-0.15, -0.1) is 10.2 Å². The summed E-state index contributed by atoms with van der Waals surface area (Å²) in [5.74, 6) is 0.693. The number of hydrogen-bond donors (Lipinski definition) is 1. The maximum absolute atomic E-state index is 4.09. The molecular formula is C10H14N6. The molecule has 0 radical (unpaired) electrons. The zero-order valence-electron chi connectivity index (χ0n) is 9.33. The lowest BCUT2D eigenvalue weighted by Crippen LogP contribution is -2.19. The number of pyridine rings is 1. The van der Waals surface area contributed by atoms with Crippen molar-refractivity contribution in [3.05, 3.63) is 35.9 Å². The molecule has 16 heavy (non-hydrogen) atoms. The summed E-state index contributed by atoms with van der Waals surface area (Å²) in [4.78, 5) is 5.53. The fraction of sp³-hybridized carbons (Fsp3) is 0.400. The second-order valence-electron chi connectivity index (χ2n) is 3.58. The van der Waals surface area contributed by atoms with E-state index in [0.29, 0.717) is 12.4 Å². The molecule has 2 rings (SSSR count).